The molecular weight excluding hydrogens is 190 g/mol. The van der Waals surface area contributed by atoms with Crippen molar-refractivity contribution in [2.75, 3.05) is 6.54 Å². The first-order valence-corrected chi connectivity index (χ1v) is 6.13. The maximum Gasteiger partial charge on any atom is 0.303 e. The van der Waals surface area contributed by atoms with Crippen molar-refractivity contribution < 1.29 is 9.90 Å². The molecule has 0 aromatic carbocycles. The molecule has 0 amide bonds. The predicted molar refractivity (Wildman–Crippen MR) is 60.9 cm³/mol. The van der Waals surface area contributed by atoms with E-state index >= 15 is 0 Å². The fraction of sp³-hybridized carbons (Fsp3) is 0.917. The van der Waals surface area contributed by atoms with Crippen molar-refractivity contribution in [3.05, 3.63) is 0 Å². The number of rotatable bonds is 6. The lowest BCUT2D eigenvalue weighted by molar-refractivity contribution is -0.137. The Bertz CT molecular complexity index is 186. The lowest BCUT2D eigenvalue weighted by Crippen LogP contribution is -2.33. The second-order valence-electron chi connectivity index (χ2n) is 4.76. The van der Waals surface area contributed by atoms with Crippen molar-refractivity contribution >= 4 is 5.97 Å². The van der Waals surface area contributed by atoms with Crippen LogP contribution in [0.4, 0.5) is 0 Å². The third-order valence-corrected chi connectivity index (χ3v) is 3.27. The highest BCUT2D eigenvalue weighted by Gasteiger charge is 2.16. The zero-order chi connectivity index (χ0) is 11.1. The molecule has 0 saturated heterocycles. The van der Waals surface area contributed by atoms with Gasteiger partial charge in [-0.15, -0.1) is 0 Å². The summed E-state index contributed by atoms with van der Waals surface area (Å²) in [5.41, 5.74) is 0. The largest absolute Gasteiger partial charge is 0.481 e. The lowest BCUT2D eigenvalue weighted by atomic mass is 9.87. The van der Waals surface area contributed by atoms with Gasteiger partial charge >= 0.3 is 5.97 Å². The van der Waals surface area contributed by atoms with Crippen LogP contribution in [0.1, 0.15) is 51.9 Å². The Balaban J connectivity index is 1.94. The van der Waals surface area contributed by atoms with Gasteiger partial charge in [0.2, 0.25) is 0 Å². The van der Waals surface area contributed by atoms with Crippen molar-refractivity contribution in [2.45, 2.75) is 57.9 Å². The van der Waals surface area contributed by atoms with Crippen LogP contribution >= 0.6 is 0 Å². The average Bonchev–Trinajstić information content (AvgIpc) is 2.20. The SMILES string of the molecule is CC1CCC(NCCCCC(=O)O)CC1. The summed E-state index contributed by atoms with van der Waals surface area (Å²) in [5.74, 6) is 0.219. The molecule has 0 unspecified atom stereocenters. The highest BCUT2D eigenvalue weighted by Crippen LogP contribution is 2.23. The van der Waals surface area contributed by atoms with Crippen LogP contribution in [0.2, 0.25) is 0 Å². The van der Waals surface area contributed by atoms with E-state index < -0.39 is 5.97 Å². The molecule has 1 aliphatic rings. The molecule has 1 saturated carbocycles. The third-order valence-electron chi connectivity index (χ3n) is 3.27. The monoisotopic (exact) mass is 213 g/mol. The second kappa shape index (κ2) is 6.83. The summed E-state index contributed by atoms with van der Waals surface area (Å²) in [5, 5.41) is 12.0. The van der Waals surface area contributed by atoms with Crippen molar-refractivity contribution in [2.24, 2.45) is 5.92 Å². The van der Waals surface area contributed by atoms with Crippen LogP contribution in [0.3, 0.4) is 0 Å². The van der Waals surface area contributed by atoms with Gasteiger partial charge in [-0.2, -0.15) is 0 Å². The summed E-state index contributed by atoms with van der Waals surface area (Å²) in [6.45, 7) is 3.30. The fourth-order valence-electron chi connectivity index (χ4n) is 2.17. The number of carboxylic acid groups (broad SMARTS) is 1. The van der Waals surface area contributed by atoms with Crippen LogP contribution in [-0.4, -0.2) is 23.7 Å². The van der Waals surface area contributed by atoms with Gasteiger partial charge in [0.15, 0.2) is 0 Å². The van der Waals surface area contributed by atoms with Crippen molar-refractivity contribution in [1.82, 2.24) is 5.32 Å². The molecule has 3 heteroatoms. The summed E-state index contributed by atoms with van der Waals surface area (Å²) < 4.78 is 0. The Morgan fingerprint density at radius 1 is 1.27 bits per heavy atom. The van der Waals surface area contributed by atoms with E-state index in [-0.39, 0.29) is 0 Å². The van der Waals surface area contributed by atoms with Crippen LogP contribution < -0.4 is 5.32 Å². The lowest BCUT2D eigenvalue weighted by Gasteiger charge is -2.27. The number of nitrogens with one attached hydrogen (secondary N) is 1. The normalized spacial score (nSPS) is 26.5. The smallest absolute Gasteiger partial charge is 0.303 e. The highest BCUT2D eigenvalue weighted by molar-refractivity contribution is 5.66. The maximum atomic E-state index is 10.3. The highest BCUT2D eigenvalue weighted by atomic mass is 16.4. The van der Waals surface area contributed by atoms with Gasteiger partial charge < -0.3 is 10.4 Å². The molecular formula is C12H23NO2. The number of aliphatic carboxylic acids is 1. The summed E-state index contributed by atoms with van der Waals surface area (Å²) >= 11 is 0. The van der Waals surface area contributed by atoms with Crippen LogP contribution in [0.25, 0.3) is 0 Å². The molecule has 0 spiro atoms. The quantitative estimate of drug-likeness (QED) is 0.666. The second-order valence-corrected chi connectivity index (χ2v) is 4.76. The standard InChI is InChI=1S/C12H23NO2/c1-10-5-7-11(8-6-10)13-9-3-2-4-12(14)15/h10-11,13H,2-9H2,1H3,(H,14,15). The van der Waals surface area contributed by atoms with E-state index in [2.05, 4.69) is 12.2 Å². The first kappa shape index (κ1) is 12.5. The minimum Gasteiger partial charge on any atom is -0.481 e. The Kier molecular flexibility index (Phi) is 5.69. The zero-order valence-electron chi connectivity index (χ0n) is 9.67. The van der Waals surface area contributed by atoms with Gasteiger partial charge in [0, 0.05) is 12.5 Å². The minimum atomic E-state index is -0.679. The molecule has 3 nitrogen and oxygen atoms in total. The molecule has 0 aliphatic heterocycles. The average molecular weight is 213 g/mol. The number of hydrogen-bond donors (Lipinski definition) is 2. The molecule has 0 atom stereocenters. The summed E-state index contributed by atoms with van der Waals surface area (Å²) in [6, 6.07) is 0.686. The van der Waals surface area contributed by atoms with Gasteiger partial charge in [-0.1, -0.05) is 6.92 Å². The molecule has 1 aliphatic carbocycles. The van der Waals surface area contributed by atoms with E-state index in [0.29, 0.717) is 12.5 Å². The summed E-state index contributed by atoms with van der Waals surface area (Å²) in [6.07, 6.45) is 7.35. The van der Waals surface area contributed by atoms with Crippen LogP contribution in [-0.2, 0) is 4.79 Å². The predicted octanol–water partition coefficient (Wildman–Crippen LogP) is 2.41. The van der Waals surface area contributed by atoms with E-state index in [9.17, 15) is 4.79 Å². The molecule has 0 aromatic heterocycles. The number of carboxylic acids is 1. The third kappa shape index (κ3) is 5.78. The molecule has 0 bridgehead atoms. The molecule has 0 heterocycles. The van der Waals surface area contributed by atoms with E-state index in [1.54, 1.807) is 0 Å². The summed E-state index contributed by atoms with van der Waals surface area (Å²) in [4.78, 5) is 10.3. The number of carbonyl (C=O) groups is 1. The van der Waals surface area contributed by atoms with Crippen molar-refractivity contribution in [3.63, 3.8) is 0 Å². The van der Waals surface area contributed by atoms with Gasteiger partial charge in [-0.05, 0) is 51.0 Å². The van der Waals surface area contributed by atoms with Crippen molar-refractivity contribution in [3.8, 4) is 0 Å². The number of hydrogen-bond acceptors (Lipinski definition) is 2. The van der Waals surface area contributed by atoms with Crippen LogP contribution in [0.5, 0.6) is 0 Å². The molecule has 1 rings (SSSR count). The first-order chi connectivity index (χ1) is 7.18. The van der Waals surface area contributed by atoms with E-state index in [1.165, 1.54) is 25.7 Å². The van der Waals surface area contributed by atoms with E-state index in [0.717, 1.165) is 25.3 Å². The van der Waals surface area contributed by atoms with Crippen molar-refractivity contribution in [1.29, 1.82) is 0 Å². The van der Waals surface area contributed by atoms with Gasteiger partial charge in [0.25, 0.3) is 0 Å². The first-order valence-electron chi connectivity index (χ1n) is 6.13. The molecule has 15 heavy (non-hydrogen) atoms. The van der Waals surface area contributed by atoms with Gasteiger partial charge in [-0.25, -0.2) is 0 Å². The molecule has 2 N–H and O–H groups in total. The number of unbranched alkanes of at least 4 members (excludes halogenated alkanes) is 1. The van der Waals surface area contributed by atoms with Gasteiger partial charge in [0.1, 0.15) is 0 Å². The molecule has 0 aromatic rings. The zero-order valence-corrected chi connectivity index (χ0v) is 9.67. The Labute approximate surface area is 92.3 Å². The van der Waals surface area contributed by atoms with Crippen LogP contribution in [0.15, 0.2) is 0 Å². The van der Waals surface area contributed by atoms with Gasteiger partial charge in [0.05, 0.1) is 0 Å². The molecule has 0 radical (unpaired) electrons. The van der Waals surface area contributed by atoms with E-state index in [4.69, 9.17) is 5.11 Å². The Hall–Kier alpha value is -0.570. The summed E-state index contributed by atoms with van der Waals surface area (Å²) in [7, 11) is 0. The molecule has 88 valence electrons. The van der Waals surface area contributed by atoms with Gasteiger partial charge in [-0.3, -0.25) is 4.79 Å². The molecule has 1 fully saturated rings. The maximum absolute atomic E-state index is 10.3. The Morgan fingerprint density at radius 2 is 1.93 bits per heavy atom. The fourth-order valence-corrected chi connectivity index (χ4v) is 2.17. The topological polar surface area (TPSA) is 49.3 Å². The van der Waals surface area contributed by atoms with Crippen LogP contribution in [0, 0.1) is 5.92 Å². The van der Waals surface area contributed by atoms with E-state index in [1.807, 2.05) is 0 Å². The Morgan fingerprint density at radius 3 is 2.53 bits per heavy atom. The minimum absolute atomic E-state index is 0.309.